The lowest BCUT2D eigenvalue weighted by atomic mass is 10.3. The number of sulfonamides is 1. The van der Waals surface area contributed by atoms with Crippen LogP contribution in [0.5, 0.6) is 5.75 Å². The van der Waals surface area contributed by atoms with E-state index < -0.39 is 10.0 Å². The minimum atomic E-state index is -3.52. The molecule has 0 saturated heterocycles. The number of rotatable bonds is 10. The maximum Gasteiger partial charge on any atom is 0.242 e. The van der Waals surface area contributed by atoms with Crippen LogP contribution in [0.25, 0.3) is 0 Å². The maximum absolute atomic E-state index is 12.1. The van der Waals surface area contributed by atoms with E-state index in [1.54, 1.807) is 18.2 Å². The third-order valence-corrected chi connectivity index (χ3v) is 6.61. The van der Waals surface area contributed by atoms with E-state index in [9.17, 15) is 18.0 Å². The smallest absolute Gasteiger partial charge is 0.242 e. The number of para-hydroxylation sites is 2. The highest BCUT2D eigenvalue weighted by Gasteiger charge is 2.17. The van der Waals surface area contributed by atoms with E-state index in [0.29, 0.717) is 23.7 Å². The number of thioether (sulfide) groups is 1. The Labute approximate surface area is 181 Å². The van der Waals surface area contributed by atoms with Gasteiger partial charge in [-0.1, -0.05) is 12.1 Å². The molecule has 0 unspecified atom stereocenters. The van der Waals surface area contributed by atoms with Crippen molar-refractivity contribution in [2.24, 2.45) is 0 Å². The Kier molecular flexibility index (Phi) is 8.70. The monoisotopic (exact) mass is 451 g/mol. The molecule has 0 aliphatic carbocycles. The summed E-state index contributed by atoms with van der Waals surface area (Å²) in [6, 6.07) is 13.1. The number of ether oxygens (including phenoxy) is 1. The Hall–Kier alpha value is -2.56. The number of hydrogen-bond donors (Lipinski definition) is 2. The van der Waals surface area contributed by atoms with E-state index in [-0.39, 0.29) is 28.2 Å². The average molecular weight is 452 g/mol. The molecule has 0 atom stereocenters. The SMILES string of the molecule is CCOc1ccccc1NC(=O)CSCC(=O)Nc1ccc(S(=O)(=O)N(C)C)cc1. The number of hydrogen-bond acceptors (Lipinski definition) is 6. The zero-order chi connectivity index (χ0) is 22.1. The summed E-state index contributed by atoms with van der Waals surface area (Å²) >= 11 is 1.17. The van der Waals surface area contributed by atoms with Gasteiger partial charge in [0.15, 0.2) is 0 Å². The summed E-state index contributed by atoms with van der Waals surface area (Å²) in [5.41, 5.74) is 1.07. The number of nitrogens with zero attached hydrogens (tertiary/aromatic N) is 1. The van der Waals surface area contributed by atoms with Crippen LogP contribution in [0, 0.1) is 0 Å². The predicted octanol–water partition coefficient (Wildman–Crippen LogP) is 2.65. The average Bonchev–Trinajstić information content (AvgIpc) is 2.70. The Morgan fingerprint density at radius 2 is 1.57 bits per heavy atom. The van der Waals surface area contributed by atoms with Crippen LogP contribution in [0.15, 0.2) is 53.4 Å². The topological polar surface area (TPSA) is 105 Å². The molecular formula is C20H25N3O5S2. The quantitative estimate of drug-likeness (QED) is 0.575. The molecule has 0 aliphatic rings. The molecular weight excluding hydrogens is 426 g/mol. The molecule has 2 aromatic rings. The van der Waals surface area contributed by atoms with E-state index in [1.807, 2.05) is 13.0 Å². The zero-order valence-electron chi connectivity index (χ0n) is 17.0. The summed E-state index contributed by atoms with van der Waals surface area (Å²) in [5, 5.41) is 5.45. The largest absolute Gasteiger partial charge is 0.492 e. The molecule has 10 heteroatoms. The first-order chi connectivity index (χ1) is 14.2. The second kappa shape index (κ2) is 11.0. The van der Waals surface area contributed by atoms with Gasteiger partial charge < -0.3 is 15.4 Å². The summed E-state index contributed by atoms with van der Waals surface area (Å²) in [5.74, 6) is 0.256. The summed E-state index contributed by atoms with van der Waals surface area (Å²) in [6.07, 6.45) is 0. The second-order valence-corrected chi connectivity index (χ2v) is 9.47. The summed E-state index contributed by atoms with van der Waals surface area (Å²) in [7, 11) is -0.611. The fourth-order valence-electron chi connectivity index (χ4n) is 2.39. The number of carbonyl (C=O) groups is 2. The highest BCUT2D eigenvalue weighted by atomic mass is 32.2. The summed E-state index contributed by atoms with van der Waals surface area (Å²) in [6.45, 7) is 2.35. The van der Waals surface area contributed by atoms with Gasteiger partial charge in [0, 0.05) is 19.8 Å². The van der Waals surface area contributed by atoms with Crippen LogP contribution in [0.2, 0.25) is 0 Å². The van der Waals surface area contributed by atoms with Gasteiger partial charge in [0.2, 0.25) is 21.8 Å². The van der Waals surface area contributed by atoms with Gasteiger partial charge in [0.25, 0.3) is 0 Å². The first kappa shape index (κ1) is 23.7. The van der Waals surface area contributed by atoms with E-state index in [0.717, 1.165) is 4.31 Å². The van der Waals surface area contributed by atoms with Gasteiger partial charge in [-0.15, -0.1) is 11.8 Å². The highest BCUT2D eigenvalue weighted by molar-refractivity contribution is 8.00. The predicted molar refractivity (Wildman–Crippen MR) is 120 cm³/mol. The fourth-order valence-corrected chi connectivity index (χ4v) is 3.91. The molecule has 8 nitrogen and oxygen atoms in total. The Balaban J connectivity index is 1.80. The van der Waals surface area contributed by atoms with Crippen molar-refractivity contribution in [1.82, 2.24) is 4.31 Å². The van der Waals surface area contributed by atoms with Crippen LogP contribution in [-0.2, 0) is 19.6 Å². The van der Waals surface area contributed by atoms with Crippen LogP contribution in [0.1, 0.15) is 6.92 Å². The lowest BCUT2D eigenvalue weighted by Crippen LogP contribution is -2.22. The van der Waals surface area contributed by atoms with Crippen molar-refractivity contribution >= 4 is 45.0 Å². The third-order valence-electron chi connectivity index (χ3n) is 3.84. The number of carbonyl (C=O) groups excluding carboxylic acids is 2. The normalized spacial score (nSPS) is 11.2. The van der Waals surface area contributed by atoms with Crippen molar-refractivity contribution in [3.05, 3.63) is 48.5 Å². The van der Waals surface area contributed by atoms with Gasteiger partial charge in [-0.3, -0.25) is 9.59 Å². The Bertz CT molecular complexity index is 976. The molecule has 0 bridgehead atoms. The van der Waals surface area contributed by atoms with Crippen LogP contribution >= 0.6 is 11.8 Å². The van der Waals surface area contributed by atoms with Crippen molar-refractivity contribution < 1.29 is 22.7 Å². The molecule has 0 aliphatic heterocycles. The lowest BCUT2D eigenvalue weighted by Gasteiger charge is -2.12. The fraction of sp³-hybridized carbons (Fsp3) is 0.300. The van der Waals surface area contributed by atoms with Gasteiger partial charge in [-0.25, -0.2) is 12.7 Å². The molecule has 2 aromatic carbocycles. The van der Waals surface area contributed by atoms with Crippen LogP contribution in [0.3, 0.4) is 0 Å². The molecule has 0 aromatic heterocycles. The van der Waals surface area contributed by atoms with Crippen molar-refractivity contribution in [2.45, 2.75) is 11.8 Å². The Morgan fingerprint density at radius 1 is 0.967 bits per heavy atom. The second-order valence-electron chi connectivity index (χ2n) is 6.33. The van der Waals surface area contributed by atoms with Gasteiger partial charge in [-0.05, 0) is 43.3 Å². The van der Waals surface area contributed by atoms with E-state index in [1.165, 1.54) is 50.1 Å². The van der Waals surface area contributed by atoms with Gasteiger partial charge in [-0.2, -0.15) is 0 Å². The van der Waals surface area contributed by atoms with Crippen LogP contribution in [0.4, 0.5) is 11.4 Å². The van der Waals surface area contributed by atoms with Gasteiger partial charge in [0.1, 0.15) is 5.75 Å². The third kappa shape index (κ3) is 6.75. The number of nitrogens with one attached hydrogen (secondary N) is 2. The minimum absolute atomic E-state index is 0.0816. The summed E-state index contributed by atoms with van der Waals surface area (Å²) < 4.78 is 30.7. The first-order valence-corrected chi connectivity index (χ1v) is 11.8. The molecule has 0 radical (unpaired) electrons. The molecule has 2 rings (SSSR count). The standard InChI is InChI=1S/C20H25N3O5S2/c1-4-28-18-8-6-5-7-17(18)22-20(25)14-29-13-19(24)21-15-9-11-16(12-10-15)30(26,27)23(2)3/h5-12H,4,13-14H2,1-3H3,(H,21,24)(H,22,25). The number of anilines is 2. The lowest BCUT2D eigenvalue weighted by molar-refractivity contribution is -0.114. The van der Waals surface area contributed by atoms with E-state index >= 15 is 0 Å². The maximum atomic E-state index is 12.1. The van der Waals surface area contributed by atoms with Gasteiger partial charge >= 0.3 is 0 Å². The first-order valence-electron chi connectivity index (χ1n) is 9.16. The number of benzene rings is 2. The van der Waals surface area contributed by atoms with Crippen molar-refractivity contribution in [3.8, 4) is 5.75 Å². The van der Waals surface area contributed by atoms with E-state index in [2.05, 4.69) is 10.6 Å². The van der Waals surface area contributed by atoms with Crippen molar-refractivity contribution in [2.75, 3.05) is 42.8 Å². The molecule has 0 spiro atoms. The molecule has 2 N–H and O–H groups in total. The molecule has 30 heavy (non-hydrogen) atoms. The summed E-state index contributed by atoms with van der Waals surface area (Å²) in [4.78, 5) is 24.3. The van der Waals surface area contributed by atoms with Crippen molar-refractivity contribution in [1.29, 1.82) is 0 Å². The molecule has 162 valence electrons. The van der Waals surface area contributed by atoms with E-state index in [4.69, 9.17) is 4.74 Å². The Morgan fingerprint density at radius 3 is 2.17 bits per heavy atom. The van der Waals surface area contributed by atoms with Crippen LogP contribution < -0.4 is 15.4 Å². The molecule has 0 heterocycles. The minimum Gasteiger partial charge on any atom is -0.492 e. The zero-order valence-corrected chi connectivity index (χ0v) is 18.7. The van der Waals surface area contributed by atoms with Gasteiger partial charge in [0.05, 0.1) is 28.7 Å². The van der Waals surface area contributed by atoms with Crippen molar-refractivity contribution in [3.63, 3.8) is 0 Å². The molecule has 0 saturated carbocycles. The van der Waals surface area contributed by atoms with Crippen LogP contribution in [-0.4, -0.2) is 56.7 Å². The molecule has 0 fully saturated rings. The highest BCUT2D eigenvalue weighted by Crippen LogP contribution is 2.24. The number of amides is 2. The molecule has 2 amide bonds.